The maximum atomic E-state index is 5.47. The molecule has 0 unspecified atom stereocenters. The van der Waals surface area contributed by atoms with Crippen LogP contribution in [0.2, 0.25) is 0 Å². The van der Waals surface area contributed by atoms with Crippen LogP contribution >= 0.6 is 0 Å². The van der Waals surface area contributed by atoms with E-state index in [-0.39, 0.29) is 0 Å². The third-order valence-electron chi connectivity index (χ3n) is 3.17. The number of hydrogen-bond acceptors (Lipinski definition) is 2. The van der Waals surface area contributed by atoms with Crippen molar-refractivity contribution in [2.45, 2.75) is 39.0 Å². The van der Waals surface area contributed by atoms with Gasteiger partial charge in [-0.05, 0) is 38.4 Å². The molecule has 0 aliphatic heterocycles. The van der Waals surface area contributed by atoms with E-state index in [9.17, 15) is 0 Å². The molecule has 0 saturated heterocycles. The molecule has 0 saturated carbocycles. The highest BCUT2D eigenvalue weighted by molar-refractivity contribution is 5.46. The Hall–Kier alpha value is -1.02. The third-order valence-corrected chi connectivity index (χ3v) is 3.17. The van der Waals surface area contributed by atoms with Crippen LogP contribution in [0.1, 0.15) is 37.7 Å². The quantitative estimate of drug-likeness (QED) is 0.699. The summed E-state index contributed by atoms with van der Waals surface area (Å²) in [7, 11) is 2.17. The zero-order valence-corrected chi connectivity index (χ0v) is 11.3. The maximum absolute atomic E-state index is 5.47. The summed E-state index contributed by atoms with van der Waals surface area (Å²) in [6.45, 7) is 4.11. The van der Waals surface area contributed by atoms with Crippen molar-refractivity contribution in [3.8, 4) is 0 Å². The Bertz CT molecular complexity index is 292. The van der Waals surface area contributed by atoms with Gasteiger partial charge in [0.2, 0.25) is 0 Å². The van der Waals surface area contributed by atoms with Gasteiger partial charge in [0.15, 0.2) is 0 Å². The number of nitrogens with two attached hydrogens (primary N) is 1. The van der Waals surface area contributed by atoms with Gasteiger partial charge in [0.05, 0.1) is 0 Å². The van der Waals surface area contributed by atoms with Crippen LogP contribution in [-0.4, -0.2) is 20.1 Å². The van der Waals surface area contributed by atoms with E-state index in [0.29, 0.717) is 0 Å². The predicted octanol–water partition coefficient (Wildman–Crippen LogP) is 3.34. The molecule has 0 spiro atoms. The highest BCUT2D eigenvalue weighted by Crippen LogP contribution is 2.14. The van der Waals surface area contributed by atoms with Gasteiger partial charge in [-0.25, -0.2) is 0 Å². The molecular weight excluding hydrogens is 208 g/mol. The zero-order valence-electron chi connectivity index (χ0n) is 11.3. The molecule has 0 atom stereocenters. The lowest BCUT2D eigenvalue weighted by Gasteiger charge is -2.19. The van der Waals surface area contributed by atoms with E-state index >= 15 is 0 Å². The van der Waals surface area contributed by atoms with Gasteiger partial charge in [-0.15, -0.1) is 0 Å². The Morgan fingerprint density at radius 3 is 2.18 bits per heavy atom. The van der Waals surface area contributed by atoms with Crippen LogP contribution in [0.15, 0.2) is 24.3 Å². The molecule has 96 valence electrons. The van der Waals surface area contributed by atoms with Crippen molar-refractivity contribution in [2.24, 2.45) is 5.73 Å². The normalized spacial score (nSPS) is 10.5. The summed E-state index contributed by atoms with van der Waals surface area (Å²) in [6.07, 6.45) is 6.36. The molecule has 0 amide bonds. The van der Waals surface area contributed by atoms with E-state index in [1.54, 1.807) is 0 Å². The van der Waals surface area contributed by atoms with Gasteiger partial charge in [-0.2, -0.15) is 0 Å². The molecule has 0 radical (unpaired) electrons. The molecule has 17 heavy (non-hydrogen) atoms. The van der Waals surface area contributed by atoms with Crippen LogP contribution in [0.5, 0.6) is 0 Å². The fourth-order valence-electron chi connectivity index (χ4n) is 1.95. The second-order valence-corrected chi connectivity index (χ2v) is 4.81. The van der Waals surface area contributed by atoms with Crippen molar-refractivity contribution in [3.63, 3.8) is 0 Å². The van der Waals surface area contributed by atoms with Crippen molar-refractivity contribution >= 4 is 5.69 Å². The first-order valence-corrected chi connectivity index (χ1v) is 6.72. The first-order chi connectivity index (χ1) is 8.24. The Morgan fingerprint density at radius 2 is 1.53 bits per heavy atom. The Morgan fingerprint density at radius 1 is 0.941 bits per heavy atom. The lowest BCUT2D eigenvalue weighted by Crippen LogP contribution is -2.18. The summed E-state index contributed by atoms with van der Waals surface area (Å²) in [5.41, 5.74) is 8.11. The van der Waals surface area contributed by atoms with E-state index in [1.165, 1.54) is 43.4 Å². The average molecular weight is 234 g/mol. The number of nitrogens with zero attached hydrogens (tertiary/aromatic N) is 1. The first-order valence-electron chi connectivity index (χ1n) is 6.72. The van der Waals surface area contributed by atoms with E-state index in [2.05, 4.69) is 43.1 Å². The Labute approximate surface area is 106 Å². The number of benzene rings is 1. The SMILES string of the molecule is Cc1ccc(N(C)CCCCCCCN)cc1. The van der Waals surface area contributed by atoms with Crippen LogP contribution < -0.4 is 10.6 Å². The van der Waals surface area contributed by atoms with Crippen molar-refractivity contribution < 1.29 is 0 Å². The van der Waals surface area contributed by atoms with E-state index in [0.717, 1.165) is 13.1 Å². The Balaban J connectivity index is 2.16. The van der Waals surface area contributed by atoms with Crippen LogP contribution in [0, 0.1) is 6.92 Å². The fourth-order valence-corrected chi connectivity index (χ4v) is 1.95. The molecule has 1 rings (SSSR count). The maximum Gasteiger partial charge on any atom is 0.0363 e. The molecule has 0 heterocycles. The van der Waals surface area contributed by atoms with Crippen molar-refractivity contribution in [1.82, 2.24) is 0 Å². The van der Waals surface area contributed by atoms with Gasteiger partial charge in [0.25, 0.3) is 0 Å². The molecule has 0 aliphatic carbocycles. The predicted molar refractivity (Wildman–Crippen MR) is 76.6 cm³/mol. The minimum atomic E-state index is 0.837. The Kier molecular flexibility index (Phi) is 6.71. The van der Waals surface area contributed by atoms with Gasteiger partial charge in [0.1, 0.15) is 0 Å². The molecule has 1 aromatic rings. The summed E-state index contributed by atoms with van der Waals surface area (Å²) in [4.78, 5) is 2.34. The molecular formula is C15H26N2. The summed E-state index contributed by atoms with van der Waals surface area (Å²) in [5.74, 6) is 0. The number of unbranched alkanes of at least 4 members (excludes halogenated alkanes) is 4. The van der Waals surface area contributed by atoms with Crippen molar-refractivity contribution in [1.29, 1.82) is 0 Å². The molecule has 0 aliphatic rings. The molecule has 1 aromatic carbocycles. The number of hydrogen-bond donors (Lipinski definition) is 1. The van der Waals surface area contributed by atoms with E-state index in [4.69, 9.17) is 5.73 Å². The third kappa shape index (κ3) is 5.73. The second kappa shape index (κ2) is 8.13. The largest absolute Gasteiger partial charge is 0.375 e. The van der Waals surface area contributed by atoms with Crippen LogP contribution in [0.25, 0.3) is 0 Å². The summed E-state index contributed by atoms with van der Waals surface area (Å²) < 4.78 is 0. The highest BCUT2D eigenvalue weighted by atomic mass is 15.1. The fraction of sp³-hybridized carbons (Fsp3) is 0.600. The van der Waals surface area contributed by atoms with Crippen molar-refractivity contribution in [2.75, 3.05) is 25.0 Å². The summed E-state index contributed by atoms with van der Waals surface area (Å²) >= 11 is 0. The second-order valence-electron chi connectivity index (χ2n) is 4.81. The van der Waals surface area contributed by atoms with Gasteiger partial charge in [0, 0.05) is 19.3 Å². The molecule has 0 bridgehead atoms. The van der Waals surface area contributed by atoms with Gasteiger partial charge in [-0.1, -0.05) is 37.0 Å². The van der Waals surface area contributed by atoms with Crippen molar-refractivity contribution in [3.05, 3.63) is 29.8 Å². The van der Waals surface area contributed by atoms with Gasteiger partial charge >= 0.3 is 0 Å². The standard InChI is InChI=1S/C15H26N2/c1-14-8-10-15(11-9-14)17(2)13-7-5-3-4-6-12-16/h8-11H,3-7,12-13,16H2,1-2H3. The monoisotopic (exact) mass is 234 g/mol. The molecule has 0 fully saturated rings. The summed E-state index contributed by atoms with van der Waals surface area (Å²) in [5, 5.41) is 0. The minimum Gasteiger partial charge on any atom is -0.375 e. The highest BCUT2D eigenvalue weighted by Gasteiger charge is 1.99. The molecule has 2 heteroatoms. The number of aryl methyl sites for hydroxylation is 1. The van der Waals surface area contributed by atoms with E-state index < -0.39 is 0 Å². The van der Waals surface area contributed by atoms with Crippen LogP contribution in [0.4, 0.5) is 5.69 Å². The smallest absolute Gasteiger partial charge is 0.0363 e. The van der Waals surface area contributed by atoms with Gasteiger partial charge in [-0.3, -0.25) is 0 Å². The number of rotatable bonds is 8. The minimum absolute atomic E-state index is 0.837. The molecule has 2 N–H and O–H groups in total. The zero-order chi connectivity index (χ0) is 12.5. The topological polar surface area (TPSA) is 29.3 Å². The lowest BCUT2D eigenvalue weighted by molar-refractivity contribution is 0.616. The summed E-state index contributed by atoms with van der Waals surface area (Å²) in [6, 6.07) is 8.74. The van der Waals surface area contributed by atoms with Gasteiger partial charge < -0.3 is 10.6 Å². The average Bonchev–Trinajstić information content (AvgIpc) is 2.34. The first kappa shape index (κ1) is 14.0. The molecule has 0 aromatic heterocycles. The van der Waals surface area contributed by atoms with E-state index in [1.807, 2.05) is 0 Å². The lowest BCUT2D eigenvalue weighted by atomic mass is 10.1. The molecule has 2 nitrogen and oxygen atoms in total. The number of anilines is 1. The van der Waals surface area contributed by atoms with Crippen LogP contribution in [-0.2, 0) is 0 Å². The van der Waals surface area contributed by atoms with Crippen LogP contribution in [0.3, 0.4) is 0 Å².